The molecule has 0 fully saturated rings. The third-order valence-corrected chi connectivity index (χ3v) is 4.53. The van der Waals surface area contributed by atoms with Gasteiger partial charge in [0.1, 0.15) is 11.9 Å². The summed E-state index contributed by atoms with van der Waals surface area (Å²) >= 11 is 5.77. The largest absolute Gasteiger partial charge is 0.480 e. The topological polar surface area (TPSA) is 83.5 Å². The predicted octanol–water partition coefficient (Wildman–Crippen LogP) is 2.54. The summed E-state index contributed by atoms with van der Waals surface area (Å²) in [4.78, 5) is 11.0. The summed E-state index contributed by atoms with van der Waals surface area (Å²) in [5.74, 6) is -2.70. The molecule has 0 saturated carbocycles. The minimum absolute atomic E-state index is 0.0131. The smallest absolute Gasteiger partial charge is 0.321 e. The highest BCUT2D eigenvalue weighted by Gasteiger charge is 2.25. The molecule has 1 unspecified atom stereocenters. The van der Waals surface area contributed by atoms with E-state index in [1.54, 1.807) is 0 Å². The van der Waals surface area contributed by atoms with Gasteiger partial charge in [-0.05, 0) is 18.6 Å². The van der Waals surface area contributed by atoms with Gasteiger partial charge in [-0.15, -0.1) is 0 Å². The van der Waals surface area contributed by atoms with Gasteiger partial charge in [0, 0.05) is 10.6 Å². The van der Waals surface area contributed by atoms with Gasteiger partial charge >= 0.3 is 5.97 Å². The Kier molecular flexibility index (Phi) is 6.57. The van der Waals surface area contributed by atoms with Crippen LogP contribution in [0, 0.1) is 5.82 Å². The second-order valence-corrected chi connectivity index (χ2v) is 6.77. The number of aliphatic carboxylic acids is 1. The van der Waals surface area contributed by atoms with Crippen molar-refractivity contribution in [1.29, 1.82) is 0 Å². The fourth-order valence-electron chi connectivity index (χ4n) is 1.76. The average Bonchev–Trinajstić information content (AvgIpc) is 2.39. The van der Waals surface area contributed by atoms with Crippen LogP contribution >= 0.6 is 11.6 Å². The lowest BCUT2D eigenvalue weighted by Crippen LogP contribution is -2.41. The summed E-state index contributed by atoms with van der Waals surface area (Å²) in [5.41, 5.74) is -0.175. The molecule has 1 rings (SSSR count). The highest BCUT2D eigenvalue weighted by atomic mass is 35.5. The fourth-order valence-corrected chi connectivity index (χ4v) is 3.48. The molecule has 1 aromatic rings. The maximum atomic E-state index is 13.6. The van der Waals surface area contributed by atoms with E-state index in [2.05, 4.69) is 4.72 Å². The van der Waals surface area contributed by atoms with Crippen LogP contribution in [0.1, 0.15) is 31.7 Å². The number of hydrogen-bond donors (Lipinski definition) is 2. The Morgan fingerprint density at radius 1 is 1.48 bits per heavy atom. The molecule has 118 valence electrons. The average molecular weight is 338 g/mol. The van der Waals surface area contributed by atoms with Crippen molar-refractivity contribution in [3.63, 3.8) is 0 Å². The molecule has 8 heteroatoms. The van der Waals surface area contributed by atoms with Gasteiger partial charge in [0.2, 0.25) is 10.0 Å². The van der Waals surface area contributed by atoms with Crippen LogP contribution < -0.4 is 4.72 Å². The Labute approximate surface area is 128 Å². The van der Waals surface area contributed by atoms with Crippen molar-refractivity contribution in [2.75, 3.05) is 0 Å². The number of carboxylic acids is 1. The van der Waals surface area contributed by atoms with E-state index in [1.165, 1.54) is 12.1 Å². The van der Waals surface area contributed by atoms with Crippen molar-refractivity contribution < 1.29 is 22.7 Å². The molecule has 0 aromatic heterocycles. The minimum Gasteiger partial charge on any atom is -0.480 e. The van der Waals surface area contributed by atoms with E-state index >= 15 is 0 Å². The van der Waals surface area contributed by atoms with Crippen molar-refractivity contribution in [3.05, 3.63) is 34.6 Å². The van der Waals surface area contributed by atoms with Gasteiger partial charge in [0.25, 0.3) is 0 Å². The number of halogens is 2. The minimum atomic E-state index is -4.01. The first-order valence-corrected chi connectivity index (χ1v) is 8.45. The molecule has 0 bridgehead atoms. The predicted molar refractivity (Wildman–Crippen MR) is 78.1 cm³/mol. The molecule has 0 amide bonds. The molecule has 0 aliphatic rings. The third kappa shape index (κ3) is 5.61. The monoisotopic (exact) mass is 337 g/mol. The van der Waals surface area contributed by atoms with Crippen LogP contribution in [0.25, 0.3) is 0 Å². The van der Waals surface area contributed by atoms with Crippen molar-refractivity contribution in [1.82, 2.24) is 4.72 Å². The van der Waals surface area contributed by atoms with Crippen LogP contribution in [0.15, 0.2) is 18.2 Å². The number of unbranched alkanes of at least 4 members (excludes halogenated alkanes) is 1. The molecule has 1 aromatic carbocycles. The number of rotatable bonds is 8. The summed E-state index contributed by atoms with van der Waals surface area (Å²) in [5, 5.41) is 9.00. The number of carboxylic acid groups (broad SMARTS) is 1. The maximum absolute atomic E-state index is 13.6. The second kappa shape index (κ2) is 7.72. The fraction of sp³-hybridized carbons (Fsp3) is 0.462. The van der Waals surface area contributed by atoms with Gasteiger partial charge in [0.05, 0.1) is 5.75 Å². The maximum Gasteiger partial charge on any atom is 0.321 e. The highest BCUT2D eigenvalue weighted by Crippen LogP contribution is 2.21. The Bertz CT molecular complexity index is 586. The zero-order valence-electron chi connectivity index (χ0n) is 11.5. The Hall–Kier alpha value is -1.18. The van der Waals surface area contributed by atoms with Crippen LogP contribution in [0.3, 0.4) is 0 Å². The molecule has 0 spiro atoms. The number of nitrogens with one attached hydrogen (secondary N) is 1. The molecule has 0 aliphatic carbocycles. The molecular formula is C13H17ClFNO4S. The van der Waals surface area contributed by atoms with E-state index < -0.39 is 33.6 Å². The lowest BCUT2D eigenvalue weighted by atomic mass is 10.1. The molecule has 0 heterocycles. The van der Waals surface area contributed by atoms with Crippen LogP contribution in [0.4, 0.5) is 4.39 Å². The van der Waals surface area contributed by atoms with E-state index in [1.807, 2.05) is 6.92 Å². The summed E-state index contributed by atoms with van der Waals surface area (Å²) in [6, 6.07) is 2.62. The standard InChI is InChI=1S/C13H17ClFNO4S/c1-2-3-7-12(13(17)18)16-21(19,20)8-9-10(14)5-4-6-11(9)15/h4-6,12,16H,2-3,7-8H2,1H3,(H,17,18). The quantitative estimate of drug-likeness (QED) is 0.763. The Morgan fingerprint density at radius 3 is 2.67 bits per heavy atom. The Balaban J connectivity index is 2.88. The third-order valence-electron chi connectivity index (χ3n) is 2.86. The number of benzene rings is 1. The van der Waals surface area contributed by atoms with Gasteiger partial charge in [0.15, 0.2) is 0 Å². The van der Waals surface area contributed by atoms with Crippen molar-refractivity contribution >= 4 is 27.6 Å². The van der Waals surface area contributed by atoms with E-state index in [9.17, 15) is 17.6 Å². The highest BCUT2D eigenvalue weighted by molar-refractivity contribution is 7.88. The molecular weight excluding hydrogens is 321 g/mol. The van der Waals surface area contributed by atoms with Gasteiger partial charge in [-0.25, -0.2) is 17.5 Å². The van der Waals surface area contributed by atoms with Crippen LogP contribution in [0.5, 0.6) is 0 Å². The normalized spacial score (nSPS) is 13.1. The number of sulfonamides is 1. The number of carbonyl (C=O) groups is 1. The van der Waals surface area contributed by atoms with Gasteiger partial charge in [-0.3, -0.25) is 4.79 Å². The molecule has 5 nitrogen and oxygen atoms in total. The SMILES string of the molecule is CCCCC(NS(=O)(=O)Cc1c(F)cccc1Cl)C(=O)O. The van der Waals surface area contributed by atoms with Crippen molar-refractivity contribution in [2.24, 2.45) is 0 Å². The van der Waals surface area contributed by atoms with Gasteiger partial charge < -0.3 is 5.11 Å². The first-order valence-electron chi connectivity index (χ1n) is 6.42. The molecule has 2 N–H and O–H groups in total. The summed E-state index contributed by atoms with van der Waals surface area (Å²) < 4.78 is 39.6. The van der Waals surface area contributed by atoms with Gasteiger partial charge in [-0.2, -0.15) is 0 Å². The van der Waals surface area contributed by atoms with E-state index in [0.717, 1.165) is 12.5 Å². The van der Waals surface area contributed by atoms with Crippen molar-refractivity contribution in [3.8, 4) is 0 Å². The zero-order chi connectivity index (χ0) is 16.0. The van der Waals surface area contributed by atoms with Crippen LogP contribution in [-0.4, -0.2) is 25.5 Å². The van der Waals surface area contributed by atoms with E-state index in [4.69, 9.17) is 16.7 Å². The second-order valence-electron chi connectivity index (χ2n) is 4.61. The summed E-state index contributed by atoms with van der Waals surface area (Å²) in [7, 11) is -4.01. The van der Waals surface area contributed by atoms with E-state index in [-0.39, 0.29) is 17.0 Å². The molecule has 0 radical (unpaired) electrons. The first kappa shape index (κ1) is 17.9. The van der Waals surface area contributed by atoms with Crippen LogP contribution in [0.2, 0.25) is 5.02 Å². The van der Waals surface area contributed by atoms with Crippen LogP contribution in [-0.2, 0) is 20.6 Å². The Morgan fingerprint density at radius 2 is 2.14 bits per heavy atom. The summed E-state index contributed by atoms with van der Waals surface area (Å²) in [6.07, 6.45) is 1.49. The lowest BCUT2D eigenvalue weighted by Gasteiger charge is -2.15. The zero-order valence-corrected chi connectivity index (χ0v) is 13.0. The first-order chi connectivity index (χ1) is 9.76. The molecule has 0 aliphatic heterocycles. The lowest BCUT2D eigenvalue weighted by molar-refractivity contribution is -0.139. The van der Waals surface area contributed by atoms with E-state index in [0.29, 0.717) is 6.42 Å². The molecule has 21 heavy (non-hydrogen) atoms. The molecule has 1 atom stereocenters. The van der Waals surface area contributed by atoms with Crippen molar-refractivity contribution in [2.45, 2.75) is 38.0 Å². The summed E-state index contributed by atoms with van der Waals surface area (Å²) in [6.45, 7) is 1.87. The molecule has 0 saturated heterocycles. The van der Waals surface area contributed by atoms with Gasteiger partial charge in [-0.1, -0.05) is 37.4 Å². The number of hydrogen-bond acceptors (Lipinski definition) is 3.